The molecule has 2 rings (SSSR count). The minimum atomic E-state index is 0.358. The number of rotatable bonds is 4. The van der Waals surface area contributed by atoms with Gasteiger partial charge in [0, 0.05) is 17.8 Å². The van der Waals surface area contributed by atoms with Crippen molar-refractivity contribution >= 4 is 27.7 Å². The Morgan fingerprint density at radius 3 is 2.80 bits per heavy atom. The number of methoxy groups -OCH3 is 1. The fourth-order valence-electron chi connectivity index (χ4n) is 2.77. The number of hydrogen-bond donors (Lipinski definition) is 1. The number of hydrogen-bond acceptors (Lipinski definition) is 3. The Balaban J connectivity index is 2.01. The zero-order valence-electron chi connectivity index (χ0n) is 12.7. The van der Waals surface area contributed by atoms with Crippen molar-refractivity contribution in [1.82, 2.24) is 5.32 Å². The molecule has 2 atom stereocenters. The lowest BCUT2D eigenvalue weighted by molar-refractivity contribution is 0.305. The molecule has 0 aromatic heterocycles. The number of halogens is 1. The summed E-state index contributed by atoms with van der Waals surface area (Å²) >= 11 is 5.63. The third kappa shape index (κ3) is 4.15. The van der Waals surface area contributed by atoms with Gasteiger partial charge in [-0.05, 0) is 58.1 Å². The average Bonchev–Trinajstić information content (AvgIpc) is 2.37. The summed E-state index contributed by atoms with van der Waals surface area (Å²) in [6, 6.07) is 7.27. The van der Waals surface area contributed by atoms with E-state index in [9.17, 15) is 0 Å². The highest BCUT2D eigenvalue weighted by Gasteiger charge is 2.29. The maximum absolute atomic E-state index is 5.29. The molecule has 1 aliphatic heterocycles. The smallest absolute Gasteiger partial charge is 0.133 e. The van der Waals surface area contributed by atoms with Gasteiger partial charge >= 0.3 is 0 Å². The van der Waals surface area contributed by atoms with Crippen LogP contribution in [0.4, 0.5) is 0 Å². The van der Waals surface area contributed by atoms with Gasteiger partial charge in [-0.15, -0.1) is 0 Å². The quantitative estimate of drug-likeness (QED) is 0.847. The summed E-state index contributed by atoms with van der Waals surface area (Å²) in [5.41, 5.74) is 1.74. The first-order chi connectivity index (χ1) is 9.41. The largest absolute Gasteiger partial charge is 0.496 e. The topological polar surface area (TPSA) is 21.3 Å². The highest BCUT2D eigenvalue weighted by molar-refractivity contribution is 9.10. The van der Waals surface area contributed by atoms with E-state index in [4.69, 9.17) is 4.74 Å². The zero-order chi connectivity index (χ0) is 14.8. The Labute approximate surface area is 135 Å². The molecule has 1 aromatic rings. The second kappa shape index (κ2) is 6.71. The van der Waals surface area contributed by atoms with Gasteiger partial charge < -0.3 is 10.1 Å². The van der Waals surface area contributed by atoms with Crippen LogP contribution in [0.25, 0.3) is 0 Å². The molecule has 2 nitrogen and oxygen atoms in total. The lowest BCUT2D eigenvalue weighted by atomic mass is 9.87. The molecule has 0 amide bonds. The van der Waals surface area contributed by atoms with Crippen LogP contribution in [0.1, 0.15) is 38.8 Å². The summed E-state index contributed by atoms with van der Waals surface area (Å²) in [5, 5.41) is 3.77. The first-order valence-electron chi connectivity index (χ1n) is 7.08. The average molecular weight is 358 g/mol. The third-order valence-electron chi connectivity index (χ3n) is 3.77. The Kier molecular flexibility index (Phi) is 5.43. The molecule has 0 radical (unpaired) electrons. The molecule has 0 spiro atoms. The number of ether oxygens (including phenoxy) is 1. The minimum Gasteiger partial charge on any atom is -0.496 e. The molecule has 1 N–H and O–H groups in total. The fraction of sp³-hybridized carbons (Fsp3) is 0.625. The van der Waals surface area contributed by atoms with Crippen LogP contribution < -0.4 is 10.1 Å². The lowest BCUT2D eigenvalue weighted by Crippen LogP contribution is -2.41. The molecule has 0 aliphatic carbocycles. The van der Waals surface area contributed by atoms with Crippen LogP contribution in [0.15, 0.2) is 22.7 Å². The van der Waals surface area contributed by atoms with Gasteiger partial charge in [-0.25, -0.2) is 0 Å². The molecule has 1 aliphatic rings. The van der Waals surface area contributed by atoms with Crippen molar-refractivity contribution in [3.8, 4) is 5.75 Å². The van der Waals surface area contributed by atoms with E-state index >= 15 is 0 Å². The molecule has 0 bridgehead atoms. The number of nitrogens with one attached hydrogen (secondary N) is 1. The first kappa shape index (κ1) is 16.2. The molecule has 1 aromatic carbocycles. The van der Waals surface area contributed by atoms with Crippen molar-refractivity contribution in [2.45, 2.75) is 39.3 Å². The van der Waals surface area contributed by atoms with Gasteiger partial charge in [0.2, 0.25) is 0 Å². The van der Waals surface area contributed by atoms with E-state index in [2.05, 4.69) is 65.9 Å². The molecule has 1 fully saturated rings. The van der Waals surface area contributed by atoms with Crippen LogP contribution in [-0.2, 0) is 0 Å². The van der Waals surface area contributed by atoms with E-state index in [0.717, 1.165) is 10.2 Å². The van der Waals surface area contributed by atoms with Crippen LogP contribution in [-0.4, -0.2) is 24.7 Å². The highest BCUT2D eigenvalue weighted by Crippen LogP contribution is 2.35. The maximum Gasteiger partial charge on any atom is 0.133 e. The van der Waals surface area contributed by atoms with E-state index in [1.54, 1.807) is 7.11 Å². The molecule has 20 heavy (non-hydrogen) atoms. The second-order valence-electron chi connectivity index (χ2n) is 6.36. The van der Waals surface area contributed by atoms with Crippen LogP contribution >= 0.6 is 27.7 Å². The summed E-state index contributed by atoms with van der Waals surface area (Å²) in [6.45, 7) is 6.96. The van der Waals surface area contributed by atoms with Gasteiger partial charge in [0.05, 0.1) is 11.6 Å². The predicted octanol–water partition coefficient (Wildman–Crippen LogP) is 4.64. The molecular formula is C16H24BrNOS. The van der Waals surface area contributed by atoms with E-state index in [0.29, 0.717) is 17.5 Å². The van der Waals surface area contributed by atoms with Crippen LogP contribution in [0.3, 0.4) is 0 Å². The predicted molar refractivity (Wildman–Crippen MR) is 91.8 cm³/mol. The van der Waals surface area contributed by atoms with E-state index in [1.165, 1.54) is 23.5 Å². The zero-order valence-corrected chi connectivity index (χ0v) is 15.1. The van der Waals surface area contributed by atoms with Gasteiger partial charge in [0.25, 0.3) is 0 Å². The van der Waals surface area contributed by atoms with Crippen molar-refractivity contribution < 1.29 is 4.74 Å². The van der Waals surface area contributed by atoms with Gasteiger partial charge in [0.1, 0.15) is 5.75 Å². The van der Waals surface area contributed by atoms with Gasteiger partial charge in [0.15, 0.2) is 0 Å². The molecule has 1 heterocycles. The molecule has 1 saturated heterocycles. The Bertz CT molecular complexity index is 464. The maximum atomic E-state index is 5.29. The van der Waals surface area contributed by atoms with E-state index in [1.807, 2.05) is 6.07 Å². The van der Waals surface area contributed by atoms with E-state index < -0.39 is 0 Å². The third-order valence-corrected chi connectivity index (χ3v) is 6.02. The van der Waals surface area contributed by atoms with Crippen molar-refractivity contribution in [2.75, 3.05) is 18.6 Å². The summed E-state index contributed by atoms with van der Waals surface area (Å²) < 4.78 is 6.30. The van der Waals surface area contributed by atoms with Gasteiger partial charge in [-0.3, -0.25) is 0 Å². The van der Waals surface area contributed by atoms with Gasteiger partial charge in [-0.1, -0.05) is 19.9 Å². The SMILES string of the molecule is COc1ccc(C(C)NC2CSCC(C)(C)C2)cc1Br. The second-order valence-corrected chi connectivity index (χ2v) is 8.25. The van der Waals surface area contributed by atoms with E-state index in [-0.39, 0.29) is 0 Å². The number of thioether (sulfide) groups is 1. The first-order valence-corrected chi connectivity index (χ1v) is 9.03. The van der Waals surface area contributed by atoms with Crippen molar-refractivity contribution in [3.63, 3.8) is 0 Å². The molecule has 112 valence electrons. The molecule has 2 unspecified atom stereocenters. The summed E-state index contributed by atoms with van der Waals surface area (Å²) in [5.74, 6) is 3.37. The standard InChI is InChI=1S/C16H24BrNOS/c1-11(12-5-6-15(19-4)14(17)7-12)18-13-8-16(2,3)10-20-9-13/h5-7,11,13,18H,8-10H2,1-4H3. The Morgan fingerprint density at radius 2 is 2.20 bits per heavy atom. The highest BCUT2D eigenvalue weighted by atomic mass is 79.9. The minimum absolute atomic E-state index is 0.358. The molecular weight excluding hydrogens is 334 g/mol. The summed E-state index contributed by atoms with van der Waals surface area (Å²) in [7, 11) is 1.70. The summed E-state index contributed by atoms with van der Waals surface area (Å²) in [6.07, 6.45) is 1.25. The Morgan fingerprint density at radius 1 is 1.45 bits per heavy atom. The number of benzene rings is 1. The van der Waals surface area contributed by atoms with Crippen LogP contribution in [0.5, 0.6) is 5.75 Å². The van der Waals surface area contributed by atoms with Crippen LogP contribution in [0, 0.1) is 5.41 Å². The Hall–Kier alpha value is -0.190. The fourth-order valence-corrected chi connectivity index (χ4v) is 4.62. The summed E-state index contributed by atoms with van der Waals surface area (Å²) in [4.78, 5) is 0. The van der Waals surface area contributed by atoms with Crippen LogP contribution in [0.2, 0.25) is 0 Å². The molecule has 0 saturated carbocycles. The lowest BCUT2D eigenvalue weighted by Gasteiger charge is -2.36. The van der Waals surface area contributed by atoms with Crippen molar-refractivity contribution in [1.29, 1.82) is 0 Å². The van der Waals surface area contributed by atoms with Gasteiger partial charge in [-0.2, -0.15) is 11.8 Å². The van der Waals surface area contributed by atoms with Crippen molar-refractivity contribution in [2.24, 2.45) is 5.41 Å². The molecule has 4 heteroatoms. The van der Waals surface area contributed by atoms with Crippen molar-refractivity contribution in [3.05, 3.63) is 28.2 Å². The normalized spacial score (nSPS) is 23.4. The monoisotopic (exact) mass is 357 g/mol.